The van der Waals surface area contributed by atoms with E-state index < -0.39 is 22.1 Å². The van der Waals surface area contributed by atoms with Crippen LogP contribution in [-0.4, -0.2) is 34.8 Å². The van der Waals surface area contributed by atoms with E-state index in [1.54, 1.807) is 0 Å². The van der Waals surface area contributed by atoms with E-state index in [0.717, 1.165) is 12.1 Å². The Labute approximate surface area is 116 Å². The van der Waals surface area contributed by atoms with Crippen LogP contribution < -0.4 is 4.74 Å². The van der Waals surface area contributed by atoms with Gasteiger partial charge in [0, 0.05) is 12.1 Å². The first-order valence-corrected chi connectivity index (χ1v) is 5.99. The zero-order valence-electron chi connectivity index (χ0n) is 11.6. The first-order valence-electron chi connectivity index (χ1n) is 5.99. The molecule has 0 saturated heterocycles. The summed E-state index contributed by atoms with van der Waals surface area (Å²) >= 11 is 0. The number of ether oxygens (including phenoxy) is 2. The second kappa shape index (κ2) is 6.33. The lowest BCUT2D eigenvalue weighted by atomic mass is 10.1. The zero-order valence-corrected chi connectivity index (χ0v) is 11.6. The molecule has 0 atom stereocenters. The molecule has 7 nitrogen and oxygen atoms in total. The van der Waals surface area contributed by atoms with Crippen molar-refractivity contribution in [2.45, 2.75) is 26.4 Å². The van der Waals surface area contributed by atoms with Gasteiger partial charge in [-0.1, -0.05) is 0 Å². The molecule has 0 spiro atoms. The summed E-state index contributed by atoms with van der Waals surface area (Å²) < 4.78 is 10.8. The molecule has 0 amide bonds. The molecule has 0 radical (unpaired) electrons. The van der Waals surface area contributed by atoms with Crippen molar-refractivity contribution < 1.29 is 24.3 Å². The van der Waals surface area contributed by atoms with E-state index in [9.17, 15) is 14.9 Å². The van der Waals surface area contributed by atoms with Crippen LogP contribution in [0.5, 0.6) is 5.75 Å². The van der Waals surface area contributed by atoms with Crippen molar-refractivity contribution in [2.24, 2.45) is 0 Å². The van der Waals surface area contributed by atoms with Gasteiger partial charge in [0.25, 0.3) is 5.69 Å². The number of nitro groups is 1. The molecule has 1 N–H and O–H groups in total. The summed E-state index contributed by atoms with van der Waals surface area (Å²) in [6, 6.07) is 3.61. The summed E-state index contributed by atoms with van der Waals surface area (Å²) in [6.45, 7) is 6.28. The Morgan fingerprint density at radius 1 is 1.35 bits per heavy atom. The third-order valence-corrected chi connectivity index (χ3v) is 2.28. The Kier molecular flexibility index (Phi) is 5.04. The van der Waals surface area contributed by atoms with Crippen LogP contribution in [0.15, 0.2) is 18.2 Å². The maximum Gasteiger partial charge on any atom is 0.342 e. The van der Waals surface area contributed by atoms with Gasteiger partial charge in [0.2, 0.25) is 0 Å². The second-order valence-electron chi connectivity index (χ2n) is 5.05. The standard InChI is InChI=1S/C13H17NO6/c1-13(2,3)20-7-6-19-9-4-5-11(14(17)18)10(8-9)12(15)16/h4-5,8H,6-7H2,1-3H3,(H,15,16). The van der Waals surface area contributed by atoms with Crippen LogP contribution in [0.25, 0.3) is 0 Å². The van der Waals surface area contributed by atoms with Crippen molar-refractivity contribution >= 4 is 11.7 Å². The predicted octanol–water partition coefficient (Wildman–Crippen LogP) is 2.49. The highest BCUT2D eigenvalue weighted by molar-refractivity contribution is 5.92. The Bertz CT molecular complexity index is 506. The number of carbonyl (C=O) groups is 1. The van der Waals surface area contributed by atoms with Crippen molar-refractivity contribution in [1.82, 2.24) is 0 Å². The second-order valence-corrected chi connectivity index (χ2v) is 5.05. The lowest BCUT2D eigenvalue weighted by Crippen LogP contribution is -2.22. The molecule has 110 valence electrons. The summed E-state index contributed by atoms with van der Waals surface area (Å²) in [4.78, 5) is 20.9. The molecule has 0 aliphatic heterocycles. The van der Waals surface area contributed by atoms with Crippen LogP contribution in [0.3, 0.4) is 0 Å². The molecular weight excluding hydrogens is 266 g/mol. The van der Waals surface area contributed by atoms with Crippen LogP contribution in [-0.2, 0) is 4.74 Å². The maximum atomic E-state index is 11.0. The van der Waals surface area contributed by atoms with Crippen LogP contribution in [0.1, 0.15) is 31.1 Å². The first kappa shape index (κ1) is 15.9. The van der Waals surface area contributed by atoms with Crippen molar-refractivity contribution in [2.75, 3.05) is 13.2 Å². The van der Waals surface area contributed by atoms with Gasteiger partial charge < -0.3 is 14.6 Å². The van der Waals surface area contributed by atoms with Gasteiger partial charge >= 0.3 is 5.97 Å². The number of carboxylic acids is 1. The van der Waals surface area contributed by atoms with Gasteiger partial charge in [-0.2, -0.15) is 0 Å². The Balaban J connectivity index is 2.71. The number of aromatic carboxylic acids is 1. The summed E-state index contributed by atoms with van der Waals surface area (Å²) in [5.74, 6) is -1.11. The minimum atomic E-state index is -1.37. The Hall–Kier alpha value is -2.15. The fourth-order valence-electron chi connectivity index (χ4n) is 1.44. The van der Waals surface area contributed by atoms with Gasteiger partial charge in [0.15, 0.2) is 0 Å². The number of nitro benzene ring substituents is 1. The molecule has 20 heavy (non-hydrogen) atoms. The van der Waals surface area contributed by atoms with Gasteiger partial charge in [0.1, 0.15) is 17.9 Å². The van der Waals surface area contributed by atoms with Gasteiger partial charge in [-0.25, -0.2) is 4.79 Å². The predicted molar refractivity (Wildman–Crippen MR) is 71.3 cm³/mol. The smallest absolute Gasteiger partial charge is 0.342 e. The van der Waals surface area contributed by atoms with Crippen LogP contribution in [0.2, 0.25) is 0 Å². The summed E-state index contributed by atoms with van der Waals surface area (Å²) in [7, 11) is 0. The normalized spacial score (nSPS) is 11.2. The molecule has 0 aliphatic carbocycles. The number of nitrogens with zero attached hydrogens (tertiary/aromatic N) is 1. The minimum absolute atomic E-state index is 0.230. The number of carboxylic acid groups (broad SMARTS) is 1. The molecule has 0 aliphatic rings. The summed E-state index contributed by atoms with van der Waals surface area (Å²) in [5, 5.41) is 19.6. The average Bonchev–Trinajstić information content (AvgIpc) is 2.33. The minimum Gasteiger partial charge on any atom is -0.491 e. The van der Waals surface area contributed by atoms with E-state index in [0.29, 0.717) is 6.61 Å². The van der Waals surface area contributed by atoms with E-state index >= 15 is 0 Å². The topological polar surface area (TPSA) is 98.9 Å². The van der Waals surface area contributed by atoms with Gasteiger partial charge in [-0.3, -0.25) is 10.1 Å². The average molecular weight is 283 g/mol. The van der Waals surface area contributed by atoms with Gasteiger partial charge in [-0.15, -0.1) is 0 Å². The molecule has 1 rings (SSSR count). The van der Waals surface area contributed by atoms with E-state index in [-0.39, 0.29) is 18.0 Å². The first-order chi connectivity index (χ1) is 9.20. The fourth-order valence-corrected chi connectivity index (χ4v) is 1.44. The molecule has 0 bridgehead atoms. The lowest BCUT2D eigenvalue weighted by molar-refractivity contribution is -0.385. The monoisotopic (exact) mass is 283 g/mol. The van der Waals surface area contributed by atoms with Crippen LogP contribution in [0, 0.1) is 10.1 Å². The molecule has 0 fully saturated rings. The fraction of sp³-hybridized carbons (Fsp3) is 0.462. The molecule has 0 saturated carbocycles. The molecular formula is C13H17NO6. The molecule has 7 heteroatoms. The third kappa shape index (κ3) is 4.85. The van der Waals surface area contributed by atoms with Crippen molar-refractivity contribution in [1.29, 1.82) is 0 Å². The quantitative estimate of drug-likeness (QED) is 0.489. The van der Waals surface area contributed by atoms with Gasteiger partial charge in [-0.05, 0) is 26.8 Å². The number of rotatable bonds is 6. The number of hydrogen-bond acceptors (Lipinski definition) is 5. The van der Waals surface area contributed by atoms with E-state index in [2.05, 4.69) is 0 Å². The largest absolute Gasteiger partial charge is 0.491 e. The summed E-state index contributed by atoms with van der Waals surface area (Å²) in [6.07, 6.45) is 0. The molecule has 0 aromatic heterocycles. The molecule has 1 aromatic rings. The number of hydrogen-bond donors (Lipinski definition) is 1. The maximum absolute atomic E-state index is 11.0. The SMILES string of the molecule is CC(C)(C)OCCOc1ccc([N+](=O)[O-])c(C(=O)O)c1. The highest BCUT2D eigenvalue weighted by Gasteiger charge is 2.20. The molecule has 1 aromatic carbocycles. The lowest BCUT2D eigenvalue weighted by Gasteiger charge is -2.19. The number of benzene rings is 1. The van der Waals surface area contributed by atoms with Gasteiger partial charge in [0.05, 0.1) is 17.1 Å². The van der Waals surface area contributed by atoms with Crippen molar-refractivity contribution in [3.05, 3.63) is 33.9 Å². The highest BCUT2D eigenvalue weighted by Crippen LogP contribution is 2.24. The zero-order chi connectivity index (χ0) is 15.3. The highest BCUT2D eigenvalue weighted by atomic mass is 16.6. The van der Waals surface area contributed by atoms with E-state index in [1.165, 1.54) is 6.07 Å². The van der Waals surface area contributed by atoms with Crippen molar-refractivity contribution in [3.63, 3.8) is 0 Å². The summed E-state index contributed by atoms with van der Waals surface area (Å²) in [5.41, 5.74) is -1.15. The Morgan fingerprint density at radius 3 is 2.50 bits per heavy atom. The van der Waals surface area contributed by atoms with E-state index in [4.69, 9.17) is 14.6 Å². The molecule has 0 heterocycles. The van der Waals surface area contributed by atoms with Crippen molar-refractivity contribution in [3.8, 4) is 5.75 Å². The molecule has 0 unspecified atom stereocenters. The third-order valence-electron chi connectivity index (χ3n) is 2.28. The van der Waals surface area contributed by atoms with E-state index in [1.807, 2.05) is 20.8 Å². The van der Waals surface area contributed by atoms with Crippen LogP contribution >= 0.6 is 0 Å². The Morgan fingerprint density at radius 2 is 2.00 bits per heavy atom. The van der Waals surface area contributed by atoms with Crippen LogP contribution in [0.4, 0.5) is 5.69 Å².